The summed E-state index contributed by atoms with van der Waals surface area (Å²) in [6, 6.07) is 0.283. The van der Waals surface area contributed by atoms with Gasteiger partial charge in [0.15, 0.2) is 5.78 Å². The zero-order chi connectivity index (χ0) is 20.8. The summed E-state index contributed by atoms with van der Waals surface area (Å²) < 4.78 is 1.90. The van der Waals surface area contributed by atoms with Crippen LogP contribution in [0.4, 0.5) is 5.82 Å². The molecule has 2 aromatic rings. The van der Waals surface area contributed by atoms with Gasteiger partial charge in [-0.3, -0.25) is 14.2 Å². The van der Waals surface area contributed by atoms with Gasteiger partial charge in [-0.1, -0.05) is 33.1 Å². The maximum atomic E-state index is 12.7. The molecule has 0 unspecified atom stereocenters. The molecule has 7 nitrogen and oxygen atoms in total. The first-order chi connectivity index (χ1) is 13.7. The van der Waals surface area contributed by atoms with Crippen LogP contribution in [0.25, 0.3) is 5.95 Å². The number of hydrogen-bond donors (Lipinski definition) is 2. The fraction of sp³-hybridized carbons (Fsp3) is 0.545. The van der Waals surface area contributed by atoms with Crippen molar-refractivity contribution in [1.82, 2.24) is 14.5 Å². The lowest BCUT2D eigenvalue weighted by Gasteiger charge is -2.29. The summed E-state index contributed by atoms with van der Waals surface area (Å²) in [5, 5.41) is 3.42. The average molecular weight is 396 g/mol. The van der Waals surface area contributed by atoms with Crippen LogP contribution in [0.3, 0.4) is 0 Å². The molecule has 2 aliphatic rings. The second-order valence-electron chi connectivity index (χ2n) is 9.22. The monoisotopic (exact) mass is 395 g/mol. The molecule has 2 aliphatic carbocycles. The van der Waals surface area contributed by atoms with Gasteiger partial charge in [-0.15, -0.1) is 0 Å². The third-order valence-corrected chi connectivity index (χ3v) is 6.06. The first kappa shape index (κ1) is 19.6. The molecule has 0 aromatic carbocycles. The van der Waals surface area contributed by atoms with E-state index in [0.29, 0.717) is 23.8 Å². The van der Waals surface area contributed by atoms with Crippen LogP contribution in [-0.4, -0.2) is 32.3 Å². The van der Waals surface area contributed by atoms with Gasteiger partial charge >= 0.3 is 0 Å². The second kappa shape index (κ2) is 7.28. The van der Waals surface area contributed by atoms with Gasteiger partial charge in [0, 0.05) is 36.1 Å². The molecule has 1 amide bonds. The van der Waals surface area contributed by atoms with E-state index in [1.165, 1.54) is 25.5 Å². The number of hydrogen-bond acceptors (Lipinski definition) is 5. The molecule has 1 saturated carbocycles. The van der Waals surface area contributed by atoms with E-state index < -0.39 is 5.91 Å². The molecule has 7 heteroatoms. The van der Waals surface area contributed by atoms with Crippen molar-refractivity contribution >= 4 is 17.5 Å². The number of rotatable bonds is 4. The van der Waals surface area contributed by atoms with Gasteiger partial charge in [-0.05, 0) is 37.2 Å². The average Bonchev–Trinajstić information content (AvgIpc) is 2.97. The lowest BCUT2D eigenvalue weighted by molar-refractivity contribution is 0.0909. The number of ketones is 1. The summed E-state index contributed by atoms with van der Waals surface area (Å²) in [6.07, 6.45) is 10.4. The Morgan fingerprint density at radius 2 is 1.97 bits per heavy atom. The predicted molar refractivity (Wildman–Crippen MR) is 112 cm³/mol. The van der Waals surface area contributed by atoms with Crippen molar-refractivity contribution in [3.05, 3.63) is 34.8 Å². The Balaban J connectivity index is 1.76. The molecule has 154 valence electrons. The number of nitrogens with one attached hydrogen (secondary N) is 1. The van der Waals surface area contributed by atoms with Crippen LogP contribution in [0.1, 0.15) is 84.3 Å². The summed E-state index contributed by atoms with van der Waals surface area (Å²) in [5.41, 5.74) is 8.42. The number of amides is 1. The standard InChI is InChI=1S/C22H29N5O2/c1-13-12-27(16-9-22(2,3)10-17(28)18(13)16)21-24-11-15(19(23)29)20(26-21)25-14-7-5-4-6-8-14/h11-12,14H,4-10H2,1-3H3,(H2,23,29)(H,24,25,26). The van der Waals surface area contributed by atoms with Gasteiger partial charge in [0.1, 0.15) is 5.82 Å². The van der Waals surface area contributed by atoms with Crippen molar-refractivity contribution in [3.63, 3.8) is 0 Å². The summed E-state index contributed by atoms with van der Waals surface area (Å²) in [4.78, 5) is 33.7. The molecule has 1 fully saturated rings. The van der Waals surface area contributed by atoms with Gasteiger partial charge < -0.3 is 11.1 Å². The Morgan fingerprint density at radius 1 is 1.24 bits per heavy atom. The number of fused-ring (bicyclic) bond motifs is 1. The molecule has 0 bridgehead atoms. The van der Waals surface area contributed by atoms with E-state index in [1.807, 2.05) is 17.7 Å². The van der Waals surface area contributed by atoms with Crippen LogP contribution in [0.5, 0.6) is 0 Å². The van der Waals surface area contributed by atoms with Crippen molar-refractivity contribution in [2.24, 2.45) is 11.1 Å². The molecule has 0 aliphatic heterocycles. The van der Waals surface area contributed by atoms with Gasteiger partial charge in [-0.2, -0.15) is 4.98 Å². The minimum atomic E-state index is -0.545. The van der Waals surface area contributed by atoms with Crippen LogP contribution in [0.15, 0.2) is 12.4 Å². The van der Waals surface area contributed by atoms with E-state index in [0.717, 1.165) is 36.1 Å². The van der Waals surface area contributed by atoms with Gasteiger partial charge in [-0.25, -0.2) is 4.98 Å². The maximum Gasteiger partial charge on any atom is 0.254 e. The Bertz CT molecular complexity index is 970. The van der Waals surface area contributed by atoms with E-state index in [2.05, 4.69) is 29.1 Å². The summed E-state index contributed by atoms with van der Waals surface area (Å²) in [5.74, 6) is 0.567. The van der Waals surface area contributed by atoms with Crippen LogP contribution in [-0.2, 0) is 6.42 Å². The predicted octanol–water partition coefficient (Wildman–Crippen LogP) is 3.57. The molecule has 29 heavy (non-hydrogen) atoms. The minimum Gasteiger partial charge on any atom is -0.367 e. The number of primary amides is 1. The second-order valence-corrected chi connectivity index (χ2v) is 9.22. The highest BCUT2D eigenvalue weighted by Gasteiger charge is 2.35. The van der Waals surface area contributed by atoms with E-state index in [9.17, 15) is 9.59 Å². The van der Waals surface area contributed by atoms with Gasteiger partial charge in [0.25, 0.3) is 5.91 Å². The van der Waals surface area contributed by atoms with Crippen LogP contribution in [0, 0.1) is 12.3 Å². The topological polar surface area (TPSA) is 103 Å². The maximum absolute atomic E-state index is 12.7. The first-order valence-corrected chi connectivity index (χ1v) is 10.4. The lowest BCUT2D eigenvalue weighted by Crippen LogP contribution is -2.29. The highest BCUT2D eigenvalue weighted by Crippen LogP contribution is 2.37. The molecule has 4 rings (SSSR count). The molecule has 3 N–H and O–H groups in total. The smallest absolute Gasteiger partial charge is 0.254 e. The highest BCUT2D eigenvalue weighted by molar-refractivity contribution is 6.00. The number of Topliss-reactive ketones (excluding diaryl/α,β-unsaturated/α-hetero) is 1. The quantitative estimate of drug-likeness (QED) is 0.824. The number of aromatic nitrogens is 3. The number of aryl methyl sites for hydroxylation is 1. The number of anilines is 1. The molecular formula is C22H29N5O2. The largest absolute Gasteiger partial charge is 0.367 e. The Labute approximate surface area is 171 Å². The third-order valence-electron chi connectivity index (χ3n) is 6.06. The molecular weight excluding hydrogens is 366 g/mol. The zero-order valence-electron chi connectivity index (χ0n) is 17.4. The number of carbonyl (C=O) groups is 2. The molecule has 2 heterocycles. The number of nitrogens with zero attached hydrogens (tertiary/aromatic N) is 3. The van der Waals surface area contributed by atoms with Crippen molar-refractivity contribution in [2.75, 3.05) is 5.32 Å². The SMILES string of the molecule is Cc1cn(-c2ncc(C(N)=O)c(NC3CCCCC3)n2)c2c1C(=O)CC(C)(C)C2. The summed E-state index contributed by atoms with van der Waals surface area (Å²) in [7, 11) is 0. The van der Waals surface area contributed by atoms with Crippen molar-refractivity contribution < 1.29 is 9.59 Å². The minimum absolute atomic E-state index is 0.108. The summed E-state index contributed by atoms with van der Waals surface area (Å²) in [6.45, 7) is 6.16. The van der Waals surface area contributed by atoms with E-state index in [4.69, 9.17) is 5.73 Å². The van der Waals surface area contributed by atoms with Crippen molar-refractivity contribution in [2.45, 2.75) is 71.8 Å². The third kappa shape index (κ3) is 3.78. The van der Waals surface area contributed by atoms with E-state index in [-0.39, 0.29) is 17.2 Å². The fourth-order valence-corrected chi connectivity index (χ4v) is 4.68. The lowest BCUT2D eigenvalue weighted by atomic mass is 9.75. The number of carbonyl (C=O) groups excluding carboxylic acids is 2. The zero-order valence-corrected chi connectivity index (χ0v) is 17.4. The van der Waals surface area contributed by atoms with E-state index in [1.54, 1.807) is 0 Å². The summed E-state index contributed by atoms with van der Waals surface area (Å²) >= 11 is 0. The Kier molecular flexibility index (Phi) is 4.92. The van der Waals surface area contributed by atoms with Crippen LogP contribution < -0.4 is 11.1 Å². The van der Waals surface area contributed by atoms with Crippen molar-refractivity contribution in [1.29, 1.82) is 0 Å². The molecule has 0 saturated heterocycles. The van der Waals surface area contributed by atoms with E-state index >= 15 is 0 Å². The van der Waals surface area contributed by atoms with Gasteiger partial charge in [0.2, 0.25) is 5.95 Å². The van der Waals surface area contributed by atoms with Gasteiger partial charge in [0.05, 0.1) is 5.56 Å². The highest BCUT2D eigenvalue weighted by atomic mass is 16.1. The van der Waals surface area contributed by atoms with Crippen LogP contribution in [0.2, 0.25) is 0 Å². The number of nitrogens with two attached hydrogens (primary N) is 1. The molecule has 0 spiro atoms. The normalized spacial score (nSPS) is 19.1. The Hall–Kier alpha value is -2.70. The fourth-order valence-electron chi connectivity index (χ4n) is 4.68. The molecule has 0 atom stereocenters. The molecule has 2 aromatic heterocycles. The molecule has 0 radical (unpaired) electrons. The van der Waals surface area contributed by atoms with Crippen molar-refractivity contribution in [3.8, 4) is 5.95 Å². The Morgan fingerprint density at radius 3 is 2.66 bits per heavy atom. The first-order valence-electron chi connectivity index (χ1n) is 10.4. The van der Waals surface area contributed by atoms with Crippen LogP contribution >= 0.6 is 0 Å².